The number of methoxy groups -OCH3 is 1. The molecule has 3 nitrogen and oxygen atoms in total. The van der Waals surface area contributed by atoms with Crippen LogP contribution in [0.2, 0.25) is 0 Å². The summed E-state index contributed by atoms with van der Waals surface area (Å²) in [4.78, 5) is 11.9. The highest BCUT2D eigenvalue weighted by atomic mass is 127. The molecule has 2 aromatic rings. The number of nitrogens with one attached hydrogen (secondary N) is 1. The van der Waals surface area contributed by atoms with Crippen molar-refractivity contribution in [2.75, 3.05) is 12.4 Å². The van der Waals surface area contributed by atoms with Gasteiger partial charge >= 0.3 is 0 Å². The molecule has 0 bridgehead atoms. The van der Waals surface area contributed by atoms with E-state index in [-0.39, 0.29) is 5.91 Å². The Kier molecular flexibility index (Phi) is 6.04. The van der Waals surface area contributed by atoms with Gasteiger partial charge < -0.3 is 10.1 Å². The van der Waals surface area contributed by atoms with E-state index in [4.69, 9.17) is 4.74 Å². The Balaban J connectivity index is 1.74. The number of carbonyl (C=O) groups excluding carboxylic acids is 1. The van der Waals surface area contributed by atoms with E-state index in [1.807, 2.05) is 48.5 Å². The monoisotopic (exact) mass is 395 g/mol. The van der Waals surface area contributed by atoms with Crippen molar-refractivity contribution in [3.63, 3.8) is 0 Å². The Morgan fingerprint density at radius 2 is 1.76 bits per heavy atom. The number of anilines is 1. The van der Waals surface area contributed by atoms with Gasteiger partial charge in [0, 0.05) is 15.7 Å². The van der Waals surface area contributed by atoms with Gasteiger partial charge in [0.25, 0.3) is 0 Å². The van der Waals surface area contributed by atoms with E-state index in [9.17, 15) is 4.79 Å². The summed E-state index contributed by atoms with van der Waals surface area (Å²) in [5.41, 5.74) is 2.07. The van der Waals surface area contributed by atoms with Crippen LogP contribution in [-0.2, 0) is 11.2 Å². The zero-order chi connectivity index (χ0) is 15.1. The summed E-state index contributed by atoms with van der Waals surface area (Å²) in [6, 6.07) is 15.8. The third kappa shape index (κ3) is 5.38. The molecular weight excluding hydrogens is 377 g/mol. The zero-order valence-electron chi connectivity index (χ0n) is 11.9. The van der Waals surface area contributed by atoms with Crippen molar-refractivity contribution < 1.29 is 9.53 Å². The van der Waals surface area contributed by atoms with E-state index in [1.165, 1.54) is 5.56 Å². The van der Waals surface area contributed by atoms with Crippen LogP contribution >= 0.6 is 22.6 Å². The lowest BCUT2D eigenvalue weighted by molar-refractivity contribution is -0.116. The molecule has 21 heavy (non-hydrogen) atoms. The topological polar surface area (TPSA) is 38.3 Å². The van der Waals surface area contributed by atoms with Crippen molar-refractivity contribution in [2.24, 2.45) is 0 Å². The lowest BCUT2D eigenvalue weighted by Crippen LogP contribution is -2.11. The van der Waals surface area contributed by atoms with E-state index in [0.717, 1.165) is 27.8 Å². The second kappa shape index (κ2) is 8.02. The summed E-state index contributed by atoms with van der Waals surface area (Å²) in [5, 5.41) is 2.91. The summed E-state index contributed by atoms with van der Waals surface area (Å²) in [7, 11) is 1.66. The van der Waals surface area contributed by atoms with Crippen molar-refractivity contribution in [2.45, 2.75) is 19.3 Å². The molecule has 2 aromatic carbocycles. The maximum absolute atomic E-state index is 11.9. The number of hydrogen-bond acceptors (Lipinski definition) is 2. The van der Waals surface area contributed by atoms with Gasteiger partial charge in [0.15, 0.2) is 0 Å². The van der Waals surface area contributed by atoms with Crippen molar-refractivity contribution in [3.05, 3.63) is 57.7 Å². The van der Waals surface area contributed by atoms with Gasteiger partial charge in [0.05, 0.1) is 7.11 Å². The van der Waals surface area contributed by atoms with Crippen molar-refractivity contribution in [3.8, 4) is 5.75 Å². The Labute approximate surface area is 138 Å². The second-order valence-corrected chi connectivity index (χ2v) is 6.00. The first-order valence-corrected chi connectivity index (χ1v) is 7.93. The predicted molar refractivity (Wildman–Crippen MR) is 93.7 cm³/mol. The van der Waals surface area contributed by atoms with Crippen molar-refractivity contribution in [1.82, 2.24) is 0 Å². The van der Waals surface area contributed by atoms with E-state index < -0.39 is 0 Å². The number of rotatable bonds is 6. The molecule has 0 fully saturated rings. The summed E-state index contributed by atoms with van der Waals surface area (Å²) in [6.07, 6.45) is 2.25. The summed E-state index contributed by atoms with van der Waals surface area (Å²) < 4.78 is 6.28. The molecule has 0 saturated heterocycles. The van der Waals surface area contributed by atoms with Gasteiger partial charge in [-0.3, -0.25) is 4.79 Å². The minimum atomic E-state index is 0.0599. The fraction of sp³-hybridized carbons (Fsp3) is 0.235. The lowest BCUT2D eigenvalue weighted by Gasteiger charge is -2.06. The summed E-state index contributed by atoms with van der Waals surface area (Å²) in [5.74, 6) is 0.917. The number of amides is 1. The summed E-state index contributed by atoms with van der Waals surface area (Å²) >= 11 is 2.24. The highest BCUT2D eigenvalue weighted by Gasteiger charge is 2.03. The first-order chi connectivity index (χ1) is 10.2. The number of carbonyl (C=O) groups is 1. The molecule has 110 valence electrons. The van der Waals surface area contributed by atoms with Gasteiger partial charge in [-0.1, -0.05) is 12.1 Å². The van der Waals surface area contributed by atoms with Gasteiger partial charge in [-0.15, -0.1) is 0 Å². The molecule has 0 aromatic heterocycles. The molecule has 0 saturated carbocycles. The number of benzene rings is 2. The molecule has 0 aliphatic carbocycles. The molecule has 0 aliphatic heterocycles. The Hall–Kier alpha value is -1.56. The number of halogens is 1. The third-order valence-electron chi connectivity index (χ3n) is 3.16. The van der Waals surface area contributed by atoms with E-state index >= 15 is 0 Å². The van der Waals surface area contributed by atoms with E-state index in [1.54, 1.807) is 7.11 Å². The van der Waals surface area contributed by atoms with Crippen LogP contribution in [0.3, 0.4) is 0 Å². The van der Waals surface area contributed by atoms with E-state index in [2.05, 4.69) is 27.9 Å². The third-order valence-corrected chi connectivity index (χ3v) is 3.88. The van der Waals surface area contributed by atoms with Crippen LogP contribution in [0.1, 0.15) is 18.4 Å². The van der Waals surface area contributed by atoms with Gasteiger partial charge in [0.2, 0.25) is 5.91 Å². The Morgan fingerprint density at radius 3 is 2.38 bits per heavy atom. The normalized spacial score (nSPS) is 10.2. The number of aryl methyl sites for hydroxylation is 1. The van der Waals surface area contributed by atoms with Gasteiger partial charge in [-0.05, 0) is 77.4 Å². The van der Waals surface area contributed by atoms with Crippen LogP contribution < -0.4 is 10.1 Å². The van der Waals surface area contributed by atoms with Gasteiger partial charge in [-0.25, -0.2) is 0 Å². The number of hydrogen-bond donors (Lipinski definition) is 1. The molecule has 0 radical (unpaired) electrons. The van der Waals surface area contributed by atoms with Gasteiger partial charge in [0.1, 0.15) is 5.75 Å². The molecule has 0 aliphatic rings. The largest absolute Gasteiger partial charge is 0.497 e. The average Bonchev–Trinajstić information content (AvgIpc) is 2.50. The second-order valence-electron chi connectivity index (χ2n) is 4.76. The first-order valence-electron chi connectivity index (χ1n) is 6.86. The summed E-state index contributed by atoms with van der Waals surface area (Å²) in [6.45, 7) is 0. The fourth-order valence-corrected chi connectivity index (χ4v) is 2.36. The molecule has 4 heteroatoms. The minimum absolute atomic E-state index is 0.0599. The maximum Gasteiger partial charge on any atom is 0.224 e. The maximum atomic E-state index is 11.9. The Morgan fingerprint density at radius 1 is 1.10 bits per heavy atom. The highest BCUT2D eigenvalue weighted by molar-refractivity contribution is 14.1. The molecule has 0 heterocycles. The molecule has 1 amide bonds. The van der Waals surface area contributed by atoms with Crippen LogP contribution in [0.15, 0.2) is 48.5 Å². The molecule has 0 unspecified atom stereocenters. The van der Waals surface area contributed by atoms with Crippen LogP contribution in [0, 0.1) is 3.57 Å². The zero-order valence-corrected chi connectivity index (χ0v) is 14.1. The molecule has 0 spiro atoms. The lowest BCUT2D eigenvalue weighted by atomic mass is 10.1. The van der Waals surface area contributed by atoms with Crippen molar-refractivity contribution in [1.29, 1.82) is 0 Å². The van der Waals surface area contributed by atoms with Crippen LogP contribution in [0.4, 0.5) is 5.69 Å². The highest BCUT2D eigenvalue weighted by Crippen LogP contribution is 2.14. The standard InChI is InChI=1S/C17H18INO2/c1-21-16-11-5-13(6-12-16)3-2-4-17(20)19-15-9-7-14(18)8-10-15/h5-12H,2-4H2,1H3,(H,19,20). The fourth-order valence-electron chi connectivity index (χ4n) is 2.00. The molecule has 2 rings (SSSR count). The molecular formula is C17H18INO2. The molecule has 1 N–H and O–H groups in total. The predicted octanol–water partition coefficient (Wildman–Crippen LogP) is 4.26. The average molecular weight is 395 g/mol. The minimum Gasteiger partial charge on any atom is -0.497 e. The quantitative estimate of drug-likeness (QED) is 0.743. The van der Waals surface area contributed by atoms with Crippen LogP contribution in [0.25, 0.3) is 0 Å². The van der Waals surface area contributed by atoms with Crippen molar-refractivity contribution >= 4 is 34.2 Å². The Bertz CT molecular complexity index is 579. The van der Waals surface area contributed by atoms with E-state index in [0.29, 0.717) is 6.42 Å². The SMILES string of the molecule is COc1ccc(CCCC(=O)Nc2ccc(I)cc2)cc1. The first kappa shape index (κ1) is 15.8. The van der Waals surface area contributed by atoms with Gasteiger partial charge in [-0.2, -0.15) is 0 Å². The number of ether oxygens (including phenoxy) is 1. The van der Waals surface area contributed by atoms with Crippen LogP contribution in [-0.4, -0.2) is 13.0 Å². The molecule has 0 atom stereocenters. The van der Waals surface area contributed by atoms with Crippen LogP contribution in [0.5, 0.6) is 5.75 Å². The smallest absolute Gasteiger partial charge is 0.224 e.